The number of non-ortho nitro benzene ring substituents is 1. The third kappa shape index (κ3) is 5.04. The Balaban J connectivity index is 1.89. The summed E-state index contributed by atoms with van der Waals surface area (Å²) in [6.45, 7) is 3.58. The number of aryl methyl sites for hydroxylation is 1. The predicted octanol–water partition coefficient (Wildman–Crippen LogP) is 2.39. The van der Waals surface area contributed by atoms with Crippen LogP contribution in [-0.4, -0.2) is 22.8 Å². The van der Waals surface area contributed by atoms with Gasteiger partial charge in [0.15, 0.2) is 6.10 Å². The first-order valence-corrected chi connectivity index (χ1v) is 8.01. The number of hydrazine groups is 1. The topological polar surface area (TPSA) is 111 Å². The molecule has 2 rings (SSSR count). The quantitative estimate of drug-likeness (QED) is 0.609. The van der Waals surface area contributed by atoms with Gasteiger partial charge in [0.05, 0.1) is 4.92 Å². The van der Waals surface area contributed by atoms with E-state index in [0.29, 0.717) is 5.75 Å². The molecule has 0 bridgehead atoms. The van der Waals surface area contributed by atoms with Crippen molar-refractivity contribution in [2.45, 2.75) is 26.4 Å². The molecular formula is C18H19N3O5. The molecule has 0 heterocycles. The van der Waals surface area contributed by atoms with Crippen LogP contribution in [0.3, 0.4) is 0 Å². The van der Waals surface area contributed by atoms with Gasteiger partial charge in [-0.2, -0.15) is 0 Å². The van der Waals surface area contributed by atoms with E-state index in [9.17, 15) is 19.7 Å². The van der Waals surface area contributed by atoms with Crippen molar-refractivity contribution in [1.29, 1.82) is 0 Å². The van der Waals surface area contributed by atoms with Crippen molar-refractivity contribution in [1.82, 2.24) is 10.9 Å². The van der Waals surface area contributed by atoms with Crippen LogP contribution in [0.5, 0.6) is 5.75 Å². The normalized spacial score (nSPS) is 11.3. The van der Waals surface area contributed by atoms with E-state index in [1.54, 1.807) is 19.1 Å². The SMILES string of the molecule is CCc1ccc(OC(C)C(=O)NNC(=O)c2cccc([N+](=O)[O-])c2)cc1. The third-order valence-corrected chi connectivity index (χ3v) is 3.63. The first kappa shape index (κ1) is 18.9. The van der Waals surface area contributed by atoms with Crippen molar-refractivity contribution < 1.29 is 19.2 Å². The molecule has 0 aliphatic rings. The number of ether oxygens (including phenoxy) is 1. The molecule has 0 fully saturated rings. The number of nitro groups is 1. The van der Waals surface area contributed by atoms with Gasteiger partial charge in [-0.05, 0) is 37.1 Å². The molecule has 0 saturated heterocycles. The molecule has 26 heavy (non-hydrogen) atoms. The molecule has 0 spiro atoms. The molecule has 2 aromatic carbocycles. The molecule has 0 aliphatic heterocycles. The highest BCUT2D eigenvalue weighted by atomic mass is 16.6. The first-order valence-electron chi connectivity index (χ1n) is 8.01. The molecule has 2 N–H and O–H groups in total. The number of nitro benzene ring substituents is 1. The molecule has 136 valence electrons. The Morgan fingerprint density at radius 3 is 2.46 bits per heavy atom. The van der Waals surface area contributed by atoms with Crippen molar-refractivity contribution in [3.63, 3.8) is 0 Å². The van der Waals surface area contributed by atoms with Crippen LogP contribution in [0.15, 0.2) is 48.5 Å². The number of nitrogens with one attached hydrogen (secondary N) is 2. The van der Waals surface area contributed by atoms with Gasteiger partial charge in [-0.3, -0.25) is 30.6 Å². The van der Waals surface area contributed by atoms with Gasteiger partial charge < -0.3 is 4.74 Å². The lowest BCUT2D eigenvalue weighted by Crippen LogP contribution is -2.47. The monoisotopic (exact) mass is 357 g/mol. The highest BCUT2D eigenvalue weighted by Crippen LogP contribution is 2.14. The molecule has 0 radical (unpaired) electrons. The second kappa shape index (κ2) is 8.61. The van der Waals surface area contributed by atoms with E-state index in [1.807, 2.05) is 19.1 Å². The van der Waals surface area contributed by atoms with Gasteiger partial charge in [0, 0.05) is 17.7 Å². The van der Waals surface area contributed by atoms with Crippen LogP contribution in [0.4, 0.5) is 5.69 Å². The van der Waals surface area contributed by atoms with E-state index >= 15 is 0 Å². The number of carbonyl (C=O) groups excluding carboxylic acids is 2. The Hall–Kier alpha value is -3.42. The Morgan fingerprint density at radius 1 is 1.15 bits per heavy atom. The lowest BCUT2D eigenvalue weighted by Gasteiger charge is -2.15. The van der Waals surface area contributed by atoms with E-state index in [0.717, 1.165) is 18.1 Å². The zero-order valence-electron chi connectivity index (χ0n) is 14.4. The summed E-state index contributed by atoms with van der Waals surface area (Å²) in [7, 11) is 0. The minimum Gasteiger partial charge on any atom is -0.481 e. The summed E-state index contributed by atoms with van der Waals surface area (Å²) < 4.78 is 5.51. The minimum atomic E-state index is -0.840. The maximum absolute atomic E-state index is 12.0. The number of hydrogen-bond donors (Lipinski definition) is 2. The molecule has 2 amide bonds. The second-order valence-electron chi connectivity index (χ2n) is 5.51. The minimum absolute atomic E-state index is 0.0585. The number of rotatable bonds is 6. The van der Waals surface area contributed by atoms with Crippen LogP contribution in [0.1, 0.15) is 29.8 Å². The average molecular weight is 357 g/mol. The fourth-order valence-electron chi connectivity index (χ4n) is 2.11. The van der Waals surface area contributed by atoms with E-state index in [1.165, 1.54) is 18.2 Å². The molecular weight excluding hydrogens is 338 g/mol. The van der Waals surface area contributed by atoms with E-state index in [2.05, 4.69) is 10.9 Å². The summed E-state index contributed by atoms with van der Waals surface area (Å²) >= 11 is 0. The van der Waals surface area contributed by atoms with Gasteiger partial charge in [0.2, 0.25) is 0 Å². The summed E-state index contributed by atoms with van der Waals surface area (Å²) in [4.78, 5) is 34.1. The molecule has 0 saturated carbocycles. The third-order valence-electron chi connectivity index (χ3n) is 3.63. The standard InChI is InChI=1S/C18H19N3O5/c1-3-13-7-9-16(10-8-13)26-12(2)17(22)19-20-18(23)14-5-4-6-15(11-14)21(24)25/h4-12H,3H2,1-2H3,(H,19,22)(H,20,23). The smallest absolute Gasteiger partial charge is 0.279 e. The number of carbonyl (C=O) groups is 2. The summed E-state index contributed by atoms with van der Waals surface area (Å²) in [5.74, 6) is -0.681. The Morgan fingerprint density at radius 2 is 1.85 bits per heavy atom. The Kier molecular flexibility index (Phi) is 6.26. The largest absolute Gasteiger partial charge is 0.481 e. The number of hydrogen-bond acceptors (Lipinski definition) is 5. The van der Waals surface area contributed by atoms with E-state index in [-0.39, 0.29) is 11.3 Å². The van der Waals surface area contributed by atoms with Crippen molar-refractivity contribution in [3.8, 4) is 5.75 Å². The molecule has 0 aliphatic carbocycles. The van der Waals surface area contributed by atoms with Crippen molar-refractivity contribution >= 4 is 17.5 Å². The van der Waals surface area contributed by atoms with Crippen LogP contribution >= 0.6 is 0 Å². The lowest BCUT2D eigenvalue weighted by atomic mass is 10.2. The number of benzene rings is 2. The number of nitrogens with zero attached hydrogens (tertiary/aromatic N) is 1. The lowest BCUT2D eigenvalue weighted by molar-refractivity contribution is -0.384. The van der Waals surface area contributed by atoms with Gasteiger partial charge in [0.25, 0.3) is 17.5 Å². The maximum Gasteiger partial charge on any atom is 0.279 e. The van der Waals surface area contributed by atoms with E-state index < -0.39 is 22.8 Å². The van der Waals surface area contributed by atoms with Gasteiger partial charge >= 0.3 is 0 Å². The van der Waals surface area contributed by atoms with Crippen LogP contribution < -0.4 is 15.6 Å². The van der Waals surface area contributed by atoms with Crippen molar-refractivity contribution in [3.05, 3.63) is 69.8 Å². The summed E-state index contributed by atoms with van der Waals surface area (Å²) in [5.41, 5.74) is 5.45. The van der Waals surface area contributed by atoms with Crippen LogP contribution in [0.25, 0.3) is 0 Å². The summed E-state index contributed by atoms with van der Waals surface area (Å²) in [5, 5.41) is 10.7. The average Bonchev–Trinajstić information content (AvgIpc) is 2.66. The Labute approximate surface area is 150 Å². The highest BCUT2D eigenvalue weighted by Gasteiger charge is 2.17. The zero-order chi connectivity index (χ0) is 19.1. The molecule has 1 atom stereocenters. The number of amides is 2. The molecule has 2 aromatic rings. The fourth-order valence-corrected chi connectivity index (χ4v) is 2.11. The van der Waals surface area contributed by atoms with Crippen LogP contribution in [0.2, 0.25) is 0 Å². The van der Waals surface area contributed by atoms with Crippen LogP contribution in [0, 0.1) is 10.1 Å². The second-order valence-corrected chi connectivity index (χ2v) is 5.51. The Bertz CT molecular complexity index is 805. The molecule has 0 aromatic heterocycles. The zero-order valence-corrected chi connectivity index (χ0v) is 14.4. The first-order chi connectivity index (χ1) is 12.4. The molecule has 8 nitrogen and oxygen atoms in total. The highest BCUT2D eigenvalue weighted by molar-refractivity contribution is 5.96. The summed E-state index contributed by atoms with van der Waals surface area (Å²) in [6, 6.07) is 12.5. The molecule has 1 unspecified atom stereocenters. The fraction of sp³-hybridized carbons (Fsp3) is 0.222. The summed E-state index contributed by atoms with van der Waals surface area (Å²) in [6.07, 6.45) is 0.0629. The van der Waals surface area contributed by atoms with E-state index in [4.69, 9.17) is 4.74 Å². The van der Waals surface area contributed by atoms with Crippen molar-refractivity contribution in [2.24, 2.45) is 0 Å². The maximum atomic E-state index is 12.0. The van der Waals surface area contributed by atoms with Gasteiger partial charge in [-0.1, -0.05) is 25.1 Å². The van der Waals surface area contributed by atoms with Gasteiger partial charge in [0.1, 0.15) is 5.75 Å². The predicted molar refractivity (Wildman–Crippen MR) is 94.6 cm³/mol. The van der Waals surface area contributed by atoms with Crippen molar-refractivity contribution in [2.75, 3.05) is 0 Å². The van der Waals surface area contributed by atoms with Crippen LogP contribution in [-0.2, 0) is 11.2 Å². The van der Waals surface area contributed by atoms with Gasteiger partial charge in [-0.25, -0.2) is 0 Å². The molecule has 8 heteroatoms. The van der Waals surface area contributed by atoms with Gasteiger partial charge in [-0.15, -0.1) is 0 Å².